The molecule has 0 heterocycles. The predicted molar refractivity (Wildman–Crippen MR) is 152 cm³/mol. The number of rotatable bonds is 18. The van der Waals surface area contributed by atoms with Crippen molar-refractivity contribution in [3.63, 3.8) is 0 Å². The zero-order chi connectivity index (χ0) is 28.3. The number of benzene rings is 2. The van der Waals surface area contributed by atoms with E-state index in [1.165, 1.54) is 0 Å². The molecular weight excluding hydrogens is 494 g/mol. The molecule has 0 aliphatic carbocycles. The van der Waals surface area contributed by atoms with E-state index in [1.54, 1.807) is 0 Å². The van der Waals surface area contributed by atoms with Crippen LogP contribution >= 0.6 is 0 Å². The number of esters is 2. The normalized spacial score (nSPS) is 11.9. The molecule has 214 valence electrons. The van der Waals surface area contributed by atoms with E-state index in [0.29, 0.717) is 0 Å². The number of carbonyl (C=O) groups is 3. The molecule has 0 spiro atoms. The topological polar surface area (TPSA) is 90.9 Å². The summed E-state index contributed by atoms with van der Waals surface area (Å²) in [7, 11) is 0. The highest BCUT2D eigenvalue weighted by atomic mass is 16.6. The molecular formula is C32H45NO6. The third kappa shape index (κ3) is 12.4. The van der Waals surface area contributed by atoms with Crippen LogP contribution in [0.1, 0.15) is 96.1 Å². The van der Waals surface area contributed by atoms with Crippen LogP contribution in [0.5, 0.6) is 0 Å². The van der Waals surface area contributed by atoms with Gasteiger partial charge in [0.15, 0.2) is 0 Å². The quantitative estimate of drug-likeness (QED) is 0.158. The second-order valence-corrected chi connectivity index (χ2v) is 10.0. The van der Waals surface area contributed by atoms with E-state index in [2.05, 4.69) is 26.1 Å². The lowest BCUT2D eigenvalue weighted by atomic mass is 9.85. The second-order valence-electron chi connectivity index (χ2n) is 10.0. The summed E-state index contributed by atoms with van der Waals surface area (Å²) >= 11 is 0. The van der Waals surface area contributed by atoms with E-state index < -0.39 is 29.7 Å². The molecule has 0 aliphatic heterocycles. The Morgan fingerprint density at radius 2 is 1.18 bits per heavy atom. The molecule has 1 N–H and O–H groups in total. The summed E-state index contributed by atoms with van der Waals surface area (Å²) in [5.41, 5.74) is 1.05. The highest BCUT2D eigenvalue weighted by Gasteiger charge is 2.35. The van der Waals surface area contributed by atoms with Gasteiger partial charge in [0.2, 0.25) is 0 Å². The van der Waals surface area contributed by atoms with Crippen LogP contribution in [0.15, 0.2) is 60.7 Å². The van der Waals surface area contributed by atoms with Gasteiger partial charge < -0.3 is 19.5 Å². The van der Waals surface area contributed by atoms with Crippen molar-refractivity contribution in [1.29, 1.82) is 0 Å². The van der Waals surface area contributed by atoms with Crippen molar-refractivity contribution in [2.75, 3.05) is 0 Å². The first-order valence-electron chi connectivity index (χ1n) is 14.3. The maximum atomic E-state index is 13.3. The van der Waals surface area contributed by atoms with Gasteiger partial charge in [0, 0.05) is 0 Å². The zero-order valence-electron chi connectivity index (χ0n) is 23.8. The number of carbonyl (C=O) groups excluding carboxylic acids is 3. The smallest absolute Gasteiger partial charge is 0.408 e. The van der Waals surface area contributed by atoms with Crippen LogP contribution in [0.25, 0.3) is 0 Å². The Balaban J connectivity index is 2.12. The van der Waals surface area contributed by atoms with E-state index in [-0.39, 0.29) is 19.6 Å². The van der Waals surface area contributed by atoms with E-state index in [4.69, 9.17) is 14.2 Å². The first-order valence-corrected chi connectivity index (χ1v) is 14.3. The Kier molecular flexibility index (Phi) is 14.7. The lowest BCUT2D eigenvalue weighted by molar-refractivity contribution is -0.166. The minimum atomic E-state index is -1.23. The summed E-state index contributed by atoms with van der Waals surface area (Å²) in [5.74, 6) is -1.24. The number of nitrogens with one attached hydrogen (secondary N) is 1. The second kappa shape index (κ2) is 18.0. The Hall–Kier alpha value is -3.35. The molecule has 0 aromatic heterocycles. The fourth-order valence-electron chi connectivity index (χ4n) is 4.40. The fourth-order valence-corrected chi connectivity index (χ4v) is 4.40. The first-order chi connectivity index (χ1) is 18.9. The monoisotopic (exact) mass is 539 g/mol. The molecule has 1 amide bonds. The van der Waals surface area contributed by atoms with Crippen molar-refractivity contribution in [2.24, 2.45) is 0 Å². The summed E-state index contributed by atoms with van der Waals surface area (Å²) in [6.45, 7) is 6.43. The van der Waals surface area contributed by atoms with Gasteiger partial charge in [-0.2, -0.15) is 0 Å². The first kappa shape index (κ1) is 31.9. The summed E-state index contributed by atoms with van der Waals surface area (Å²) in [6.07, 6.45) is 7.07. The van der Waals surface area contributed by atoms with Gasteiger partial charge in [-0.3, -0.25) is 4.79 Å². The molecule has 2 rings (SSSR count). The average molecular weight is 540 g/mol. The van der Waals surface area contributed by atoms with Crippen LogP contribution in [0, 0.1) is 0 Å². The molecule has 0 radical (unpaired) electrons. The molecule has 0 saturated carbocycles. The molecule has 0 saturated heterocycles. The number of ether oxygens (including phenoxy) is 3. The van der Waals surface area contributed by atoms with Crippen molar-refractivity contribution in [3.8, 4) is 0 Å². The van der Waals surface area contributed by atoms with E-state index in [1.807, 2.05) is 60.7 Å². The fraction of sp³-hybridized carbons (Fsp3) is 0.531. The summed E-state index contributed by atoms with van der Waals surface area (Å²) in [6, 6.07) is 17.2. The molecule has 2 aromatic carbocycles. The number of unbranched alkanes of at least 4 members (excludes halogenated alkanes) is 3. The van der Waals surface area contributed by atoms with Gasteiger partial charge >= 0.3 is 18.0 Å². The number of amides is 1. The van der Waals surface area contributed by atoms with Crippen LogP contribution in [0.2, 0.25) is 0 Å². The molecule has 0 fully saturated rings. The Labute approximate surface area is 233 Å². The molecule has 39 heavy (non-hydrogen) atoms. The number of alkyl carbamates (subject to hydrolysis) is 1. The SMILES string of the molecule is CCCCC(CCCC)(CCCC)OC(=O)C[C@H](NC(=O)OCc1ccccc1)C(=O)OCc1ccccc1. The third-order valence-electron chi connectivity index (χ3n) is 6.67. The van der Waals surface area contributed by atoms with Gasteiger partial charge in [-0.1, -0.05) is 101 Å². The van der Waals surface area contributed by atoms with Gasteiger partial charge in [-0.15, -0.1) is 0 Å². The van der Waals surface area contributed by atoms with Gasteiger partial charge in [0.05, 0.1) is 6.42 Å². The molecule has 1 atom stereocenters. The van der Waals surface area contributed by atoms with Gasteiger partial charge in [0.1, 0.15) is 24.9 Å². The van der Waals surface area contributed by atoms with E-state index >= 15 is 0 Å². The summed E-state index contributed by atoms with van der Waals surface area (Å²) in [5, 5.41) is 2.53. The lowest BCUT2D eigenvalue weighted by Crippen LogP contribution is -2.45. The van der Waals surface area contributed by atoms with Crippen LogP contribution in [-0.2, 0) is 37.0 Å². The minimum Gasteiger partial charge on any atom is -0.459 e. The summed E-state index contributed by atoms with van der Waals surface area (Å²) < 4.78 is 16.9. The van der Waals surface area contributed by atoms with E-state index in [0.717, 1.165) is 68.9 Å². The zero-order valence-corrected chi connectivity index (χ0v) is 23.8. The van der Waals surface area contributed by atoms with Crippen LogP contribution in [0.4, 0.5) is 4.79 Å². The predicted octanol–water partition coefficient (Wildman–Crippen LogP) is 7.27. The van der Waals surface area contributed by atoms with Gasteiger partial charge in [0.25, 0.3) is 0 Å². The Morgan fingerprint density at radius 3 is 1.64 bits per heavy atom. The van der Waals surface area contributed by atoms with Crippen LogP contribution in [0.3, 0.4) is 0 Å². The van der Waals surface area contributed by atoms with Crippen molar-refractivity contribution in [3.05, 3.63) is 71.8 Å². The van der Waals surface area contributed by atoms with Gasteiger partial charge in [-0.05, 0) is 49.7 Å². The molecule has 2 aromatic rings. The van der Waals surface area contributed by atoms with E-state index in [9.17, 15) is 14.4 Å². The standard InChI is InChI=1S/C32H45NO6/c1-4-7-20-32(21-8-5-2,22-9-6-3)39-29(34)23-28(30(35)37-24-26-16-12-10-13-17-26)33-31(36)38-25-27-18-14-11-15-19-27/h10-19,28H,4-9,20-25H2,1-3H3,(H,33,36)/t28-/m0/s1. The number of hydrogen-bond donors (Lipinski definition) is 1. The van der Waals surface area contributed by atoms with Crippen molar-refractivity contribution in [2.45, 2.75) is 110 Å². The maximum Gasteiger partial charge on any atom is 0.408 e. The third-order valence-corrected chi connectivity index (χ3v) is 6.67. The average Bonchev–Trinajstić information content (AvgIpc) is 2.96. The molecule has 0 unspecified atom stereocenters. The largest absolute Gasteiger partial charge is 0.459 e. The highest BCUT2D eigenvalue weighted by molar-refractivity contribution is 5.86. The number of hydrogen-bond acceptors (Lipinski definition) is 6. The molecule has 7 heteroatoms. The van der Waals surface area contributed by atoms with Crippen molar-refractivity contribution < 1.29 is 28.6 Å². The Bertz CT molecular complexity index is 957. The van der Waals surface area contributed by atoms with Gasteiger partial charge in [-0.25, -0.2) is 9.59 Å². The van der Waals surface area contributed by atoms with Crippen LogP contribution in [-0.4, -0.2) is 29.7 Å². The highest BCUT2D eigenvalue weighted by Crippen LogP contribution is 2.32. The summed E-state index contributed by atoms with van der Waals surface area (Å²) in [4.78, 5) is 38.9. The van der Waals surface area contributed by atoms with Crippen molar-refractivity contribution >= 4 is 18.0 Å². The van der Waals surface area contributed by atoms with Crippen molar-refractivity contribution in [1.82, 2.24) is 5.32 Å². The molecule has 7 nitrogen and oxygen atoms in total. The Morgan fingerprint density at radius 1 is 0.718 bits per heavy atom. The molecule has 0 aliphatic rings. The molecule has 0 bridgehead atoms. The van der Waals surface area contributed by atoms with Crippen LogP contribution < -0.4 is 5.32 Å². The minimum absolute atomic E-state index is 0.0272. The lowest BCUT2D eigenvalue weighted by Gasteiger charge is -2.34. The maximum absolute atomic E-state index is 13.3.